The molecule has 0 fully saturated rings. The Bertz CT molecular complexity index is 1700. The Morgan fingerprint density at radius 1 is 0.872 bits per heavy atom. The Balaban J connectivity index is 0.00000135. The number of hydrogen-bond donors (Lipinski definition) is 1. The Labute approximate surface area is 232 Å². The maximum Gasteiger partial charge on any atom is 0.118 e. The summed E-state index contributed by atoms with van der Waals surface area (Å²) in [7, 11) is 0. The number of nitrogens with zero attached hydrogens (tertiary/aromatic N) is 1. The summed E-state index contributed by atoms with van der Waals surface area (Å²) in [5.74, 6) is 1.18. The molecule has 0 saturated carbocycles. The summed E-state index contributed by atoms with van der Waals surface area (Å²) in [6.07, 6.45) is 20.1. The average Bonchev–Trinajstić information content (AvgIpc) is 3.33. The van der Waals surface area contributed by atoms with Crippen molar-refractivity contribution in [1.29, 1.82) is 0 Å². The number of rotatable bonds is 4. The van der Waals surface area contributed by atoms with Crippen molar-refractivity contribution in [2.24, 2.45) is 0 Å². The van der Waals surface area contributed by atoms with Crippen LogP contribution in [0, 0.1) is 6.92 Å². The van der Waals surface area contributed by atoms with Gasteiger partial charge in [-0.3, -0.25) is 4.57 Å². The average molecular weight is 509 g/mol. The van der Waals surface area contributed by atoms with Crippen LogP contribution < -0.4 is 5.32 Å². The summed E-state index contributed by atoms with van der Waals surface area (Å²) in [6, 6.07) is 20.2. The summed E-state index contributed by atoms with van der Waals surface area (Å²) >= 11 is 0. The highest BCUT2D eigenvalue weighted by Crippen LogP contribution is 2.49. The zero-order valence-corrected chi connectivity index (χ0v) is 23.4. The van der Waals surface area contributed by atoms with Crippen LogP contribution in [0.25, 0.3) is 56.4 Å². The van der Waals surface area contributed by atoms with Crippen LogP contribution in [0.4, 0.5) is 5.82 Å². The predicted octanol–water partition coefficient (Wildman–Crippen LogP) is 10.4. The molecule has 0 bridgehead atoms. The fourth-order valence-corrected chi connectivity index (χ4v) is 6.19. The summed E-state index contributed by atoms with van der Waals surface area (Å²) in [5.41, 5.74) is 13.1. The van der Waals surface area contributed by atoms with Gasteiger partial charge in [0.05, 0.1) is 5.69 Å². The van der Waals surface area contributed by atoms with Gasteiger partial charge in [0, 0.05) is 17.8 Å². The molecule has 0 atom stereocenters. The lowest BCUT2D eigenvalue weighted by atomic mass is 9.92. The monoisotopic (exact) mass is 508 g/mol. The molecule has 194 valence electrons. The van der Waals surface area contributed by atoms with Gasteiger partial charge in [-0.15, -0.1) is 0 Å². The molecule has 2 nitrogen and oxygen atoms in total. The van der Waals surface area contributed by atoms with Crippen molar-refractivity contribution in [3.05, 3.63) is 113 Å². The van der Waals surface area contributed by atoms with E-state index in [9.17, 15) is 0 Å². The molecule has 0 radical (unpaired) electrons. The molecule has 0 saturated heterocycles. The van der Waals surface area contributed by atoms with Gasteiger partial charge >= 0.3 is 0 Å². The van der Waals surface area contributed by atoms with Crippen LogP contribution in [0.15, 0.2) is 91.1 Å². The third-order valence-electron chi connectivity index (χ3n) is 7.91. The second kappa shape index (κ2) is 10.5. The zero-order chi connectivity index (χ0) is 26.9. The quantitative estimate of drug-likeness (QED) is 0.255. The van der Waals surface area contributed by atoms with Crippen LogP contribution in [-0.2, 0) is 0 Å². The van der Waals surface area contributed by atoms with E-state index in [1.54, 1.807) is 0 Å². The largest absolute Gasteiger partial charge is 0.367 e. The topological polar surface area (TPSA) is 17.0 Å². The van der Waals surface area contributed by atoms with Gasteiger partial charge < -0.3 is 5.32 Å². The summed E-state index contributed by atoms with van der Waals surface area (Å²) in [4.78, 5) is 0. The molecule has 0 spiro atoms. The van der Waals surface area contributed by atoms with Gasteiger partial charge in [0.15, 0.2) is 0 Å². The van der Waals surface area contributed by atoms with Crippen LogP contribution in [0.5, 0.6) is 0 Å². The zero-order valence-electron chi connectivity index (χ0n) is 23.4. The maximum absolute atomic E-state index is 3.65. The molecular weight excluding hydrogens is 472 g/mol. The lowest BCUT2D eigenvalue weighted by Crippen LogP contribution is -2.10. The van der Waals surface area contributed by atoms with E-state index >= 15 is 0 Å². The highest BCUT2D eigenvalue weighted by Gasteiger charge is 2.24. The number of anilines is 1. The molecule has 3 aromatic carbocycles. The lowest BCUT2D eigenvalue weighted by Gasteiger charge is -2.18. The van der Waals surface area contributed by atoms with Gasteiger partial charge in [0.25, 0.3) is 0 Å². The molecular formula is C37H36N2. The van der Waals surface area contributed by atoms with Crippen molar-refractivity contribution in [3.63, 3.8) is 0 Å². The molecule has 2 heterocycles. The van der Waals surface area contributed by atoms with Crippen LogP contribution in [0.3, 0.4) is 0 Å². The third-order valence-corrected chi connectivity index (χ3v) is 7.91. The molecule has 2 heteroatoms. The van der Waals surface area contributed by atoms with E-state index in [1.165, 1.54) is 72.5 Å². The van der Waals surface area contributed by atoms with E-state index in [1.807, 2.05) is 13.8 Å². The molecule has 3 aliphatic rings. The van der Waals surface area contributed by atoms with Crippen molar-refractivity contribution in [2.45, 2.75) is 40.5 Å². The number of fused-ring (bicyclic) bond motifs is 4. The first-order valence-electron chi connectivity index (χ1n) is 14.3. The van der Waals surface area contributed by atoms with Crippen LogP contribution in [0.2, 0.25) is 0 Å². The van der Waals surface area contributed by atoms with Gasteiger partial charge in [-0.2, -0.15) is 0 Å². The molecule has 4 aromatic rings. The first-order valence-corrected chi connectivity index (χ1v) is 14.3. The minimum absolute atomic E-state index is 0.850. The van der Waals surface area contributed by atoms with Crippen molar-refractivity contribution < 1.29 is 0 Å². The number of aromatic nitrogens is 1. The van der Waals surface area contributed by atoms with E-state index in [2.05, 4.69) is 127 Å². The third kappa shape index (κ3) is 4.03. The molecule has 39 heavy (non-hydrogen) atoms. The van der Waals surface area contributed by atoms with Gasteiger partial charge in [0.2, 0.25) is 0 Å². The molecule has 0 unspecified atom stereocenters. The number of nitrogens with one attached hydrogen (secondary N) is 1. The van der Waals surface area contributed by atoms with E-state index in [4.69, 9.17) is 0 Å². The molecule has 2 aliphatic carbocycles. The molecule has 1 N–H and O–H groups in total. The molecule has 7 rings (SSSR count). The van der Waals surface area contributed by atoms with E-state index in [0.717, 1.165) is 19.4 Å². The van der Waals surface area contributed by atoms with Crippen molar-refractivity contribution in [1.82, 2.24) is 4.57 Å². The Morgan fingerprint density at radius 2 is 1.62 bits per heavy atom. The summed E-state index contributed by atoms with van der Waals surface area (Å²) < 4.78 is 2.41. The Hall–Kier alpha value is -4.30. The first kappa shape index (κ1) is 25.0. The first-order chi connectivity index (χ1) is 19.3. The van der Waals surface area contributed by atoms with Crippen molar-refractivity contribution in [3.8, 4) is 22.3 Å². The summed E-state index contributed by atoms with van der Waals surface area (Å²) in [5, 5.41) is 6.37. The van der Waals surface area contributed by atoms with Crippen molar-refractivity contribution in [2.75, 3.05) is 11.9 Å². The lowest BCUT2D eigenvalue weighted by molar-refractivity contribution is 1.07. The molecule has 0 amide bonds. The van der Waals surface area contributed by atoms with E-state index in [0.29, 0.717) is 0 Å². The van der Waals surface area contributed by atoms with E-state index in [-0.39, 0.29) is 0 Å². The molecule has 1 aliphatic heterocycles. The normalized spacial score (nSPS) is 14.8. The summed E-state index contributed by atoms with van der Waals surface area (Å²) in [6.45, 7) is 9.28. The highest BCUT2D eigenvalue weighted by atomic mass is 15.1. The fraction of sp³-hybridized carbons (Fsp3) is 0.189. The highest BCUT2D eigenvalue weighted by molar-refractivity contribution is 6.17. The van der Waals surface area contributed by atoms with Crippen molar-refractivity contribution >= 4 is 40.0 Å². The second-order valence-corrected chi connectivity index (χ2v) is 10.0. The Morgan fingerprint density at radius 3 is 2.41 bits per heavy atom. The SMILES string of the molecule is CC.CC/C=C\c1c(C)c2c(n1C1=CC=CCC(c3ccc4c5c(cccc35)-c3ccccc3-4)=C1)NCC=C2. The Kier molecular flexibility index (Phi) is 6.70. The van der Waals surface area contributed by atoms with Gasteiger partial charge in [-0.05, 0) is 87.7 Å². The number of benzene rings is 3. The van der Waals surface area contributed by atoms with Gasteiger partial charge in [-0.25, -0.2) is 0 Å². The maximum atomic E-state index is 3.65. The standard InChI is InChI=1S/C35H30N2.C2H6/c1-3-4-18-33-23(2)26-17-10-21-36-35(26)37(33)25-12-6-5-11-24(22-25)27-19-20-32-29-14-8-7-13-28(29)31-16-9-15-30(27)34(31)32;1-2/h4-10,12-20,22,36H,3,11,21H2,1-2H3;1-2H3/b18-4-;. The van der Waals surface area contributed by atoms with Gasteiger partial charge in [-0.1, -0.05) is 106 Å². The van der Waals surface area contributed by atoms with E-state index < -0.39 is 0 Å². The van der Waals surface area contributed by atoms with Crippen LogP contribution >= 0.6 is 0 Å². The van der Waals surface area contributed by atoms with Crippen LogP contribution in [-0.4, -0.2) is 11.1 Å². The molecule has 1 aromatic heterocycles. The minimum atomic E-state index is 0.850. The second-order valence-electron chi connectivity index (χ2n) is 10.0. The predicted molar refractivity (Wildman–Crippen MR) is 172 cm³/mol. The number of hydrogen-bond acceptors (Lipinski definition) is 1. The minimum Gasteiger partial charge on any atom is -0.367 e. The van der Waals surface area contributed by atoms with Gasteiger partial charge in [0.1, 0.15) is 5.82 Å². The van der Waals surface area contributed by atoms with Crippen LogP contribution in [0.1, 0.15) is 56.0 Å². The fourth-order valence-electron chi connectivity index (χ4n) is 6.19. The smallest absolute Gasteiger partial charge is 0.118 e. The number of allylic oxidation sites excluding steroid dienone is 7.